The molecule has 0 fully saturated rings. The topological polar surface area (TPSA) is 263 Å². The van der Waals surface area contributed by atoms with Crippen molar-refractivity contribution >= 4 is 19.3 Å². The maximum absolute atomic E-state index is 10.8. The van der Waals surface area contributed by atoms with Crippen molar-refractivity contribution in [3.63, 3.8) is 0 Å². The molecule has 0 bridgehead atoms. The minimum Gasteiger partial charge on any atom is -0.508 e. The lowest BCUT2D eigenvalue weighted by atomic mass is 9.94. The minimum absolute atomic E-state index is 0.278. The van der Waals surface area contributed by atoms with Gasteiger partial charge in [-0.15, -0.1) is 0 Å². The van der Waals surface area contributed by atoms with Gasteiger partial charge in [0.25, 0.3) is 0 Å². The highest BCUT2D eigenvalue weighted by Crippen LogP contribution is 2.24. The molecule has 13 N–H and O–H groups in total. The Morgan fingerprint density at radius 2 is 0.886 bits per heavy atom. The molecule has 244 valence electrons. The van der Waals surface area contributed by atoms with Gasteiger partial charge >= 0.3 is 19.3 Å². The molecule has 0 aliphatic heterocycles. The zero-order valence-corrected chi connectivity index (χ0v) is 25.3. The van der Waals surface area contributed by atoms with Crippen LogP contribution in [0.1, 0.15) is 56.7 Å². The lowest BCUT2D eigenvalue weighted by molar-refractivity contribution is -0.175. The Balaban J connectivity index is 0. The number of para-hydroxylation sites is 3. The van der Waals surface area contributed by atoms with Gasteiger partial charge < -0.3 is 57.4 Å². The van der Waals surface area contributed by atoms with E-state index in [2.05, 4.69) is 0 Å². The molecule has 0 saturated heterocycles. The van der Waals surface area contributed by atoms with Gasteiger partial charge in [-0.3, -0.25) is 0 Å². The molecule has 0 aromatic heterocycles. The van der Waals surface area contributed by atoms with E-state index in [1.807, 2.05) is 39.0 Å². The van der Waals surface area contributed by atoms with Crippen LogP contribution in [0.4, 0.5) is 0 Å². The number of nitrogens with two attached hydrogens (primary N) is 3. The van der Waals surface area contributed by atoms with Crippen molar-refractivity contribution in [1.82, 2.24) is 0 Å². The van der Waals surface area contributed by atoms with Crippen molar-refractivity contribution in [1.29, 1.82) is 0 Å². The van der Waals surface area contributed by atoms with Crippen LogP contribution in [0.5, 0.6) is 17.2 Å². The van der Waals surface area contributed by atoms with Crippen molar-refractivity contribution in [2.75, 3.05) is 0 Å². The summed E-state index contributed by atoms with van der Waals surface area (Å²) in [5, 5.41) is 56.9. The Kier molecular flexibility index (Phi) is 23.2. The van der Waals surface area contributed by atoms with Gasteiger partial charge in [-0.25, -0.2) is 9.59 Å². The molecular formula is C30H46BN3O10. The Labute approximate surface area is 258 Å². The molecule has 0 amide bonds. The van der Waals surface area contributed by atoms with Crippen LogP contribution in [0.3, 0.4) is 0 Å². The molecule has 0 atom stereocenters. The molecule has 3 rings (SSSR count). The third-order valence-electron chi connectivity index (χ3n) is 6.05. The quantitative estimate of drug-likeness (QED) is 0.103. The molecule has 0 aliphatic rings. The predicted octanol–water partition coefficient (Wildman–Crippen LogP) is 2.08. The van der Waals surface area contributed by atoms with Crippen molar-refractivity contribution in [2.45, 2.75) is 65.3 Å². The fourth-order valence-electron chi connectivity index (χ4n) is 3.26. The van der Waals surface area contributed by atoms with Gasteiger partial charge in [0.2, 0.25) is 0 Å². The molecule has 0 radical (unpaired) electrons. The van der Waals surface area contributed by atoms with Gasteiger partial charge in [0.05, 0.1) is 0 Å². The number of hydrogen-bond donors (Lipinski definition) is 10. The third-order valence-corrected chi connectivity index (χ3v) is 6.05. The second-order valence-electron chi connectivity index (χ2n) is 8.78. The first-order valence-corrected chi connectivity index (χ1v) is 13.7. The number of carboxylic acids is 1. The number of esters is 1. The van der Waals surface area contributed by atoms with Gasteiger partial charge in [-0.05, 0) is 37.5 Å². The van der Waals surface area contributed by atoms with E-state index >= 15 is 0 Å². The number of carbonyl (C=O) groups is 2. The van der Waals surface area contributed by atoms with Crippen molar-refractivity contribution < 1.29 is 49.8 Å². The second kappa shape index (κ2) is 24.3. The highest BCUT2D eigenvalue weighted by Gasteiger charge is 2.30. The van der Waals surface area contributed by atoms with Gasteiger partial charge in [-0.2, -0.15) is 0 Å². The first-order valence-electron chi connectivity index (χ1n) is 13.7. The van der Waals surface area contributed by atoms with E-state index in [1.165, 1.54) is 0 Å². The first kappa shape index (κ1) is 42.0. The number of rotatable bonds is 7. The van der Waals surface area contributed by atoms with Crippen LogP contribution >= 0.6 is 0 Å². The van der Waals surface area contributed by atoms with Crippen molar-refractivity contribution in [3.05, 3.63) is 89.5 Å². The first-order chi connectivity index (χ1) is 20.8. The van der Waals surface area contributed by atoms with E-state index in [-0.39, 0.29) is 17.2 Å². The largest absolute Gasteiger partial charge is 0.631 e. The van der Waals surface area contributed by atoms with Crippen LogP contribution in [0, 0.1) is 0 Å². The molecule has 0 heterocycles. The lowest BCUT2D eigenvalue weighted by Gasteiger charge is -2.29. The number of aliphatic carboxylic acids is 1. The summed E-state index contributed by atoms with van der Waals surface area (Å²) in [5.74, 6) is -1.86. The Hall–Kier alpha value is -4.18. The highest BCUT2D eigenvalue weighted by molar-refractivity contribution is 6.30. The molecule has 14 heteroatoms. The van der Waals surface area contributed by atoms with E-state index in [0.29, 0.717) is 38.9 Å². The second-order valence-corrected chi connectivity index (χ2v) is 8.78. The van der Waals surface area contributed by atoms with Gasteiger partial charge in [0, 0.05) is 36.3 Å². The summed E-state index contributed by atoms with van der Waals surface area (Å²) in [4.78, 5) is 21.1. The number of ether oxygens (including phenoxy) is 1. The summed E-state index contributed by atoms with van der Waals surface area (Å²) in [5.41, 5.74) is 17.6. The standard InChI is InChI=1S/C9H16O4.3C7H9NO.BH3O3/c1-4-9(5-2,6-3)13-8(12)7(10)11;3*8-5-6-3-1-2-4-7(6)9;2-1(3)4/h4-6H2,1-3H3,(H,10,11);3*1-4,9H,5,8H2;2-4H. The number of carbonyl (C=O) groups excluding carboxylic acids is 1. The Morgan fingerprint density at radius 3 is 1.05 bits per heavy atom. The maximum Gasteiger partial charge on any atom is 0.631 e. The van der Waals surface area contributed by atoms with E-state index in [1.54, 1.807) is 54.6 Å². The summed E-state index contributed by atoms with van der Waals surface area (Å²) >= 11 is 0. The molecule has 0 aliphatic carbocycles. The van der Waals surface area contributed by atoms with Crippen LogP contribution < -0.4 is 17.2 Å². The average Bonchev–Trinajstić information content (AvgIpc) is 3.01. The minimum atomic E-state index is -2.17. The Bertz CT molecular complexity index is 1090. The van der Waals surface area contributed by atoms with E-state index < -0.39 is 24.9 Å². The summed E-state index contributed by atoms with van der Waals surface area (Å²) in [7, 11) is -2.17. The summed E-state index contributed by atoms with van der Waals surface area (Å²) in [6.07, 6.45) is 1.91. The third kappa shape index (κ3) is 18.4. The van der Waals surface area contributed by atoms with E-state index in [0.717, 1.165) is 16.7 Å². The predicted molar refractivity (Wildman–Crippen MR) is 168 cm³/mol. The highest BCUT2D eigenvalue weighted by atomic mass is 16.6. The molecule has 0 spiro atoms. The molecule has 44 heavy (non-hydrogen) atoms. The summed E-state index contributed by atoms with van der Waals surface area (Å²) in [6, 6.07) is 21.1. The number of phenols is 3. The van der Waals surface area contributed by atoms with Crippen LogP contribution in [-0.4, -0.2) is 60.4 Å². The monoisotopic (exact) mass is 619 g/mol. The van der Waals surface area contributed by atoms with E-state index in [4.69, 9.17) is 57.4 Å². The zero-order chi connectivity index (χ0) is 34.1. The fraction of sp³-hybridized carbons (Fsp3) is 0.333. The van der Waals surface area contributed by atoms with Gasteiger partial charge in [0.15, 0.2) is 0 Å². The number of hydrogen-bond acceptors (Lipinski definition) is 12. The average molecular weight is 620 g/mol. The molecule has 13 nitrogen and oxygen atoms in total. The summed E-state index contributed by atoms with van der Waals surface area (Å²) in [6.45, 7) is 6.82. The normalized spacial score (nSPS) is 9.66. The molecule has 3 aromatic carbocycles. The SMILES string of the molecule is CCC(CC)(CC)OC(=O)C(=O)O.NCc1ccccc1O.NCc1ccccc1O.NCc1ccccc1O.OB(O)O. The van der Waals surface area contributed by atoms with Crippen molar-refractivity contribution in [3.8, 4) is 17.2 Å². The number of benzene rings is 3. The molecular weight excluding hydrogens is 573 g/mol. The summed E-state index contributed by atoms with van der Waals surface area (Å²) < 4.78 is 4.91. The van der Waals surface area contributed by atoms with Gasteiger partial charge in [0.1, 0.15) is 22.8 Å². The lowest BCUT2D eigenvalue weighted by Crippen LogP contribution is -2.35. The fourth-order valence-corrected chi connectivity index (χ4v) is 3.26. The Morgan fingerprint density at radius 1 is 0.636 bits per heavy atom. The van der Waals surface area contributed by atoms with Crippen LogP contribution in [0.15, 0.2) is 72.8 Å². The van der Waals surface area contributed by atoms with Crippen LogP contribution in [0.25, 0.3) is 0 Å². The number of phenolic OH excluding ortho intramolecular Hbond substituents is 3. The number of aromatic hydroxyl groups is 3. The molecule has 0 saturated carbocycles. The zero-order valence-electron chi connectivity index (χ0n) is 25.3. The molecule has 0 unspecified atom stereocenters. The molecule has 3 aromatic rings. The van der Waals surface area contributed by atoms with Gasteiger partial charge in [-0.1, -0.05) is 75.4 Å². The van der Waals surface area contributed by atoms with Crippen LogP contribution in [0.2, 0.25) is 0 Å². The smallest absolute Gasteiger partial charge is 0.508 e. The van der Waals surface area contributed by atoms with Crippen molar-refractivity contribution in [2.24, 2.45) is 17.2 Å². The van der Waals surface area contributed by atoms with Crippen LogP contribution in [-0.2, 0) is 34.0 Å². The number of carboxylic acid groups (broad SMARTS) is 1. The maximum atomic E-state index is 10.8. The van der Waals surface area contributed by atoms with E-state index in [9.17, 15) is 9.59 Å².